The number of rotatable bonds is 5. The zero-order valence-corrected chi connectivity index (χ0v) is 11.1. The predicted octanol–water partition coefficient (Wildman–Crippen LogP) is 1.20. The number of nitrogens with one attached hydrogen (secondary N) is 1. The molecule has 0 atom stereocenters. The normalized spacial score (nSPS) is 14.2. The number of imidazole rings is 1. The molecule has 0 aromatic carbocycles. The summed E-state index contributed by atoms with van der Waals surface area (Å²) in [4.78, 5) is 19.9. The summed E-state index contributed by atoms with van der Waals surface area (Å²) in [5.41, 5.74) is 7.60. The van der Waals surface area contributed by atoms with E-state index in [0.717, 1.165) is 24.1 Å². The lowest BCUT2D eigenvalue weighted by Crippen LogP contribution is -2.26. The van der Waals surface area contributed by atoms with E-state index in [0.29, 0.717) is 24.8 Å². The van der Waals surface area contributed by atoms with Gasteiger partial charge in [-0.25, -0.2) is 9.97 Å². The second kappa shape index (κ2) is 5.32. The third kappa shape index (κ3) is 2.79. The maximum Gasteiger partial charge on any atom is 0.222 e. The lowest BCUT2D eigenvalue weighted by molar-refractivity contribution is -0.121. The second-order valence-electron chi connectivity index (χ2n) is 5.00. The maximum absolute atomic E-state index is 11.7. The third-order valence-corrected chi connectivity index (χ3v) is 3.35. The molecule has 6 heteroatoms. The van der Waals surface area contributed by atoms with Gasteiger partial charge in [-0.1, -0.05) is 0 Å². The molecule has 1 aliphatic carbocycles. The molecular formula is C14H17N5O. The van der Waals surface area contributed by atoms with E-state index < -0.39 is 0 Å². The standard InChI is InChI=1S/C14H17N5O/c15-14-11(2-1-6-17-14)12-8-16-9-19(12)7-5-13(20)18-10-3-4-10/h1-2,6,8-10H,3-5,7H2,(H2,15,17)(H,18,20). The van der Waals surface area contributed by atoms with Gasteiger partial charge in [-0.05, 0) is 25.0 Å². The van der Waals surface area contributed by atoms with Gasteiger partial charge < -0.3 is 15.6 Å². The number of nitrogen functional groups attached to an aromatic ring is 1. The largest absolute Gasteiger partial charge is 0.383 e. The number of aryl methyl sites for hydroxylation is 1. The Labute approximate surface area is 117 Å². The lowest BCUT2D eigenvalue weighted by atomic mass is 10.2. The smallest absolute Gasteiger partial charge is 0.222 e. The highest BCUT2D eigenvalue weighted by atomic mass is 16.1. The molecule has 1 saturated carbocycles. The Bertz CT molecular complexity index is 618. The Morgan fingerprint density at radius 3 is 3.10 bits per heavy atom. The van der Waals surface area contributed by atoms with Crippen molar-refractivity contribution in [2.24, 2.45) is 0 Å². The Hall–Kier alpha value is -2.37. The maximum atomic E-state index is 11.7. The van der Waals surface area contributed by atoms with Crippen molar-refractivity contribution in [1.82, 2.24) is 19.9 Å². The van der Waals surface area contributed by atoms with Crippen LogP contribution in [-0.2, 0) is 11.3 Å². The second-order valence-corrected chi connectivity index (χ2v) is 5.00. The van der Waals surface area contributed by atoms with Crippen LogP contribution in [0, 0.1) is 0 Å². The highest BCUT2D eigenvalue weighted by Crippen LogP contribution is 2.23. The zero-order valence-electron chi connectivity index (χ0n) is 11.1. The van der Waals surface area contributed by atoms with Crippen LogP contribution in [-0.4, -0.2) is 26.5 Å². The summed E-state index contributed by atoms with van der Waals surface area (Å²) in [6.45, 7) is 0.586. The minimum absolute atomic E-state index is 0.0892. The van der Waals surface area contributed by atoms with Gasteiger partial charge in [-0.15, -0.1) is 0 Å². The Morgan fingerprint density at radius 1 is 1.50 bits per heavy atom. The van der Waals surface area contributed by atoms with Gasteiger partial charge in [0.05, 0.1) is 18.2 Å². The number of pyridine rings is 1. The first-order valence-corrected chi connectivity index (χ1v) is 6.74. The first-order valence-electron chi connectivity index (χ1n) is 6.74. The van der Waals surface area contributed by atoms with Gasteiger partial charge in [0, 0.05) is 30.8 Å². The molecule has 3 N–H and O–H groups in total. The number of amides is 1. The van der Waals surface area contributed by atoms with Crippen molar-refractivity contribution < 1.29 is 4.79 Å². The molecule has 1 fully saturated rings. The topological polar surface area (TPSA) is 85.8 Å². The van der Waals surface area contributed by atoms with Gasteiger partial charge >= 0.3 is 0 Å². The van der Waals surface area contributed by atoms with Gasteiger partial charge in [0.1, 0.15) is 5.82 Å². The van der Waals surface area contributed by atoms with Crippen molar-refractivity contribution >= 4 is 11.7 Å². The number of carbonyl (C=O) groups excluding carboxylic acids is 1. The third-order valence-electron chi connectivity index (χ3n) is 3.35. The van der Waals surface area contributed by atoms with Crippen molar-refractivity contribution in [2.45, 2.75) is 31.8 Å². The van der Waals surface area contributed by atoms with Gasteiger partial charge in [0.25, 0.3) is 0 Å². The van der Waals surface area contributed by atoms with Gasteiger partial charge in [0.2, 0.25) is 5.91 Å². The average molecular weight is 271 g/mol. The van der Waals surface area contributed by atoms with Gasteiger partial charge in [0.15, 0.2) is 0 Å². The summed E-state index contributed by atoms with van der Waals surface area (Å²) >= 11 is 0. The fraction of sp³-hybridized carbons (Fsp3) is 0.357. The first kappa shape index (κ1) is 12.7. The summed E-state index contributed by atoms with van der Waals surface area (Å²) < 4.78 is 1.93. The summed E-state index contributed by atoms with van der Waals surface area (Å²) in [7, 11) is 0. The number of hydrogen-bond donors (Lipinski definition) is 2. The summed E-state index contributed by atoms with van der Waals surface area (Å²) in [5, 5.41) is 2.98. The van der Waals surface area contributed by atoms with E-state index in [1.807, 2.05) is 16.7 Å². The number of aromatic nitrogens is 3. The fourth-order valence-corrected chi connectivity index (χ4v) is 2.11. The van der Waals surface area contributed by atoms with Crippen LogP contribution in [0.5, 0.6) is 0 Å². The summed E-state index contributed by atoms with van der Waals surface area (Å²) in [6, 6.07) is 4.14. The van der Waals surface area contributed by atoms with Crippen LogP contribution in [0.25, 0.3) is 11.3 Å². The quantitative estimate of drug-likeness (QED) is 0.855. The molecular weight excluding hydrogens is 254 g/mol. The van der Waals surface area contributed by atoms with Crippen LogP contribution in [0.15, 0.2) is 30.9 Å². The van der Waals surface area contributed by atoms with E-state index in [-0.39, 0.29) is 5.91 Å². The van der Waals surface area contributed by atoms with Crippen LogP contribution < -0.4 is 11.1 Å². The first-order chi connectivity index (χ1) is 9.74. The molecule has 0 radical (unpaired) electrons. The van der Waals surface area contributed by atoms with Crippen LogP contribution in [0.3, 0.4) is 0 Å². The van der Waals surface area contributed by atoms with E-state index in [2.05, 4.69) is 15.3 Å². The van der Waals surface area contributed by atoms with E-state index >= 15 is 0 Å². The monoisotopic (exact) mass is 271 g/mol. The van der Waals surface area contributed by atoms with E-state index in [1.54, 1.807) is 18.7 Å². The van der Waals surface area contributed by atoms with Gasteiger partial charge in [-0.3, -0.25) is 4.79 Å². The lowest BCUT2D eigenvalue weighted by Gasteiger charge is -2.09. The van der Waals surface area contributed by atoms with Crippen molar-refractivity contribution in [3.63, 3.8) is 0 Å². The summed E-state index contributed by atoms with van der Waals surface area (Å²) in [6.07, 6.45) is 7.77. The number of hydrogen-bond acceptors (Lipinski definition) is 4. The minimum atomic E-state index is 0.0892. The highest BCUT2D eigenvalue weighted by molar-refractivity contribution is 5.76. The number of carbonyl (C=O) groups is 1. The van der Waals surface area contributed by atoms with Crippen molar-refractivity contribution in [3.05, 3.63) is 30.9 Å². The van der Waals surface area contributed by atoms with Gasteiger partial charge in [-0.2, -0.15) is 0 Å². The van der Waals surface area contributed by atoms with Crippen LogP contribution in [0.2, 0.25) is 0 Å². The minimum Gasteiger partial charge on any atom is -0.383 e. The molecule has 2 aromatic rings. The van der Waals surface area contributed by atoms with Crippen LogP contribution in [0.1, 0.15) is 19.3 Å². The van der Waals surface area contributed by atoms with E-state index in [4.69, 9.17) is 5.73 Å². The molecule has 1 aliphatic rings. The molecule has 0 bridgehead atoms. The van der Waals surface area contributed by atoms with Crippen molar-refractivity contribution in [2.75, 3.05) is 5.73 Å². The van der Waals surface area contributed by atoms with E-state index in [9.17, 15) is 4.79 Å². The molecule has 0 spiro atoms. The molecule has 2 aromatic heterocycles. The molecule has 104 valence electrons. The molecule has 2 heterocycles. The van der Waals surface area contributed by atoms with Crippen LogP contribution >= 0.6 is 0 Å². The molecule has 6 nitrogen and oxygen atoms in total. The number of nitrogens with zero attached hydrogens (tertiary/aromatic N) is 3. The Morgan fingerprint density at radius 2 is 2.35 bits per heavy atom. The Kier molecular flexibility index (Phi) is 3.37. The zero-order chi connectivity index (χ0) is 13.9. The van der Waals surface area contributed by atoms with Crippen molar-refractivity contribution in [3.8, 4) is 11.3 Å². The van der Waals surface area contributed by atoms with Crippen molar-refractivity contribution in [1.29, 1.82) is 0 Å². The Balaban J connectivity index is 1.70. The average Bonchev–Trinajstić information content (AvgIpc) is 3.13. The van der Waals surface area contributed by atoms with Crippen LogP contribution in [0.4, 0.5) is 5.82 Å². The predicted molar refractivity (Wildman–Crippen MR) is 75.7 cm³/mol. The number of anilines is 1. The SMILES string of the molecule is Nc1ncccc1-c1cncn1CCC(=O)NC1CC1. The number of nitrogens with two attached hydrogens (primary N) is 1. The molecule has 1 amide bonds. The molecule has 0 aliphatic heterocycles. The molecule has 0 unspecified atom stereocenters. The molecule has 20 heavy (non-hydrogen) atoms. The van der Waals surface area contributed by atoms with E-state index in [1.165, 1.54) is 0 Å². The molecule has 0 saturated heterocycles. The highest BCUT2D eigenvalue weighted by Gasteiger charge is 2.23. The molecule has 3 rings (SSSR count). The fourth-order valence-electron chi connectivity index (χ4n) is 2.11. The summed E-state index contributed by atoms with van der Waals surface area (Å²) in [5.74, 6) is 0.558.